The fraction of sp³-hybridized carbons (Fsp3) is 0.556. The third-order valence-corrected chi connectivity index (χ3v) is 1.60. The number of carbonyl (C=O) groups excluding carboxylic acids is 1. The first kappa shape index (κ1) is 12.2. The molecular weight excluding hydrogens is 210 g/mol. The van der Waals surface area contributed by atoms with Crippen LogP contribution in [0.25, 0.3) is 0 Å². The molecule has 1 rings (SSSR count). The highest BCUT2D eigenvalue weighted by Crippen LogP contribution is 2.17. The second kappa shape index (κ2) is 5.24. The normalized spacial score (nSPS) is 10.8. The minimum Gasteiger partial charge on any atom is -0.461 e. The number of nitrogens with one attached hydrogen (secondary N) is 1. The van der Waals surface area contributed by atoms with Gasteiger partial charge in [-0.15, -0.1) is 5.11 Å². The Kier molecular flexibility index (Phi) is 3.98. The van der Waals surface area contributed by atoms with Gasteiger partial charge in [0.05, 0.1) is 6.61 Å². The first-order chi connectivity index (χ1) is 7.54. The molecule has 0 aromatic carbocycles. The van der Waals surface area contributed by atoms with E-state index in [1.165, 1.54) is 5.01 Å². The fourth-order valence-electron chi connectivity index (χ4n) is 1.03. The van der Waals surface area contributed by atoms with E-state index >= 15 is 0 Å². The van der Waals surface area contributed by atoms with Crippen LogP contribution in [0.5, 0.6) is 0 Å². The predicted molar refractivity (Wildman–Crippen MR) is 57.5 cm³/mol. The van der Waals surface area contributed by atoms with E-state index in [0.29, 0.717) is 12.4 Å². The quantitative estimate of drug-likeness (QED) is 0.477. The summed E-state index contributed by atoms with van der Waals surface area (Å²) in [4.78, 5) is 18.4. The zero-order valence-electron chi connectivity index (χ0n) is 9.81. The molecule has 0 saturated heterocycles. The summed E-state index contributed by atoms with van der Waals surface area (Å²) in [5.41, 5.74) is 0.227. The van der Waals surface area contributed by atoms with Crippen molar-refractivity contribution in [2.75, 3.05) is 20.7 Å². The lowest BCUT2D eigenvalue weighted by molar-refractivity contribution is 0.0521. The summed E-state index contributed by atoms with van der Waals surface area (Å²) < 4.78 is 4.86. The molecule has 1 N–H and O–H groups in total. The highest BCUT2D eigenvalue weighted by atomic mass is 16.5. The topological polar surface area (TPSA) is 82.9 Å². The third kappa shape index (κ3) is 3.04. The maximum absolute atomic E-state index is 11.5. The molecule has 0 saturated carbocycles. The van der Waals surface area contributed by atoms with Gasteiger partial charge in [0.25, 0.3) is 0 Å². The molecular formula is C9H15N5O2. The van der Waals surface area contributed by atoms with E-state index in [9.17, 15) is 4.79 Å². The number of rotatable bonds is 4. The van der Waals surface area contributed by atoms with Crippen LogP contribution in [0, 0.1) is 6.92 Å². The number of H-pyrrole nitrogens is 1. The van der Waals surface area contributed by atoms with Gasteiger partial charge >= 0.3 is 5.97 Å². The highest BCUT2D eigenvalue weighted by molar-refractivity contribution is 5.91. The molecule has 7 nitrogen and oxygen atoms in total. The van der Waals surface area contributed by atoms with Gasteiger partial charge in [-0.25, -0.2) is 9.78 Å². The molecule has 0 aliphatic heterocycles. The summed E-state index contributed by atoms with van der Waals surface area (Å²) in [6, 6.07) is 0. The van der Waals surface area contributed by atoms with Crippen LogP contribution in [-0.2, 0) is 4.74 Å². The molecule has 1 aromatic rings. The molecule has 0 fully saturated rings. The second-order valence-electron chi connectivity index (χ2n) is 3.28. The summed E-state index contributed by atoms with van der Waals surface area (Å²) in [5, 5.41) is 9.13. The van der Waals surface area contributed by atoms with Gasteiger partial charge in [-0.1, -0.05) is 5.22 Å². The number of imidazole rings is 1. The van der Waals surface area contributed by atoms with Crippen molar-refractivity contribution in [3.63, 3.8) is 0 Å². The Morgan fingerprint density at radius 2 is 2.25 bits per heavy atom. The van der Waals surface area contributed by atoms with Crippen LogP contribution in [0.15, 0.2) is 10.3 Å². The smallest absolute Gasteiger partial charge is 0.358 e. The Bertz CT molecular complexity index is 397. The van der Waals surface area contributed by atoms with E-state index in [4.69, 9.17) is 4.74 Å². The number of aromatic nitrogens is 2. The number of hydrogen-bond acceptors (Lipinski definition) is 5. The Morgan fingerprint density at radius 3 is 2.81 bits per heavy atom. The Labute approximate surface area is 93.5 Å². The maximum atomic E-state index is 11.5. The van der Waals surface area contributed by atoms with Crippen LogP contribution in [0.2, 0.25) is 0 Å². The third-order valence-electron chi connectivity index (χ3n) is 1.60. The largest absolute Gasteiger partial charge is 0.461 e. The fourth-order valence-corrected chi connectivity index (χ4v) is 1.03. The molecule has 1 heterocycles. The number of aromatic amines is 1. The maximum Gasteiger partial charge on any atom is 0.358 e. The van der Waals surface area contributed by atoms with Crippen molar-refractivity contribution in [3.05, 3.63) is 11.5 Å². The van der Waals surface area contributed by atoms with Crippen LogP contribution in [0.4, 0.5) is 5.82 Å². The van der Waals surface area contributed by atoms with Crippen molar-refractivity contribution in [2.45, 2.75) is 13.8 Å². The lowest BCUT2D eigenvalue weighted by Gasteiger charge is -2.00. The van der Waals surface area contributed by atoms with E-state index in [-0.39, 0.29) is 11.5 Å². The number of ether oxygens (including phenoxy) is 1. The summed E-state index contributed by atoms with van der Waals surface area (Å²) >= 11 is 0. The van der Waals surface area contributed by atoms with E-state index in [1.807, 2.05) is 0 Å². The lowest BCUT2D eigenvalue weighted by atomic mass is 10.4. The number of aryl methyl sites for hydroxylation is 1. The summed E-state index contributed by atoms with van der Waals surface area (Å²) in [6.45, 7) is 3.78. The molecule has 0 amide bonds. The van der Waals surface area contributed by atoms with E-state index in [2.05, 4.69) is 20.3 Å². The minimum atomic E-state index is -0.476. The van der Waals surface area contributed by atoms with Gasteiger partial charge in [-0.05, 0) is 13.8 Å². The van der Waals surface area contributed by atoms with Crippen LogP contribution in [0.1, 0.15) is 23.2 Å². The van der Waals surface area contributed by atoms with Gasteiger partial charge in [0.1, 0.15) is 5.82 Å². The van der Waals surface area contributed by atoms with Crippen molar-refractivity contribution >= 4 is 11.8 Å². The second-order valence-corrected chi connectivity index (χ2v) is 3.28. The molecule has 0 atom stereocenters. The molecule has 0 aliphatic rings. The number of esters is 1. The van der Waals surface area contributed by atoms with Crippen LogP contribution in [-0.4, -0.2) is 41.6 Å². The number of nitrogens with zero attached hydrogens (tertiary/aromatic N) is 4. The van der Waals surface area contributed by atoms with E-state index < -0.39 is 5.97 Å². The molecule has 0 bridgehead atoms. The minimum absolute atomic E-state index is 0.227. The molecule has 0 aliphatic carbocycles. The molecule has 16 heavy (non-hydrogen) atoms. The molecule has 0 unspecified atom stereocenters. The van der Waals surface area contributed by atoms with Gasteiger partial charge < -0.3 is 9.72 Å². The van der Waals surface area contributed by atoms with Gasteiger partial charge in [0, 0.05) is 14.1 Å². The zero-order chi connectivity index (χ0) is 12.1. The monoisotopic (exact) mass is 225 g/mol. The standard InChI is InChI=1S/C9H15N5O2/c1-5-16-9(15)7-8(11-6(2)10-7)12-13-14(3)4/h5H2,1-4H3,(H,10,11). The summed E-state index contributed by atoms with van der Waals surface area (Å²) in [5.74, 6) is 0.358. The first-order valence-electron chi connectivity index (χ1n) is 4.87. The molecule has 1 aromatic heterocycles. The van der Waals surface area contributed by atoms with Gasteiger partial charge in [0.15, 0.2) is 5.69 Å². The molecule has 0 radical (unpaired) electrons. The average Bonchev–Trinajstić information content (AvgIpc) is 2.57. The zero-order valence-corrected chi connectivity index (χ0v) is 9.81. The van der Waals surface area contributed by atoms with E-state index in [1.54, 1.807) is 27.9 Å². The summed E-state index contributed by atoms with van der Waals surface area (Å²) in [7, 11) is 3.46. The van der Waals surface area contributed by atoms with Gasteiger partial charge in [-0.2, -0.15) is 0 Å². The van der Waals surface area contributed by atoms with Crippen LogP contribution >= 0.6 is 0 Å². The van der Waals surface area contributed by atoms with Crippen molar-refractivity contribution < 1.29 is 9.53 Å². The predicted octanol–water partition coefficient (Wildman–Crippen LogP) is 1.46. The van der Waals surface area contributed by atoms with Crippen molar-refractivity contribution in [1.29, 1.82) is 0 Å². The Hall–Kier alpha value is -1.92. The van der Waals surface area contributed by atoms with Crippen molar-refractivity contribution in [3.8, 4) is 0 Å². The van der Waals surface area contributed by atoms with Gasteiger partial charge in [0.2, 0.25) is 5.82 Å². The molecule has 0 spiro atoms. The van der Waals surface area contributed by atoms with Crippen molar-refractivity contribution in [1.82, 2.24) is 15.0 Å². The van der Waals surface area contributed by atoms with E-state index in [0.717, 1.165) is 0 Å². The summed E-state index contributed by atoms with van der Waals surface area (Å²) in [6.07, 6.45) is 0. The Morgan fingerprint density at radius 1 is 1.56 bits per heavy atom. The SMILES string of the molecule is CCOC(=O)c1[nH]c(C)nc1N=NN(C)C. The number of carbonyl (C=O) groups is 1. The van der Waals surface area contributed by atoms with Crippen LogP contribution < -0.4 is 0 Å². The highest BCUT2D eigenvalue weighted by Gasteiger charge is 2.17. The molecule has 88 valence electrons. The van der Waals surface area contributed by atoms with Crippen LogP contribution in [0.3, 0.4) is 0 Å². The van der Waals surface area contributed by atoms with Gasteiger partial charge in [-0.3, -0.25) is 5.01 Å². The number of hydrogen-bond donors (Lipinski definition) is 1. The van der Waals surface area contributed by atoms with Crippen molar-refractivity contribution in [2.24, 2.45) is 10.3 Å². The first-order valence-corrected chi connectivity index (χ1v) is 4.87. The average molecular weight is 225 g/mol. The molecule has 7 heteroatoms. The Balaban J connectivity index is 2.95. The lowest BCUT2D eigenvalue weighted by Crippen LogP contribution is -2.05.